The zero-order chi connectivity index (χ0) is 12.3. The molecule has 0 radical (unpaired) electrons. The van der Waals surface area contributed by atoms with Crippen molar-refractivity contribution < 1.29 is 14.3 Å². The van der Waals surface area contributed by atoms with Gasteiger partial charge in [-0.05, 0) is 43.5 Å². The van der Waals surface area contributed by atoms with E-state index in [-0.39, 0.29) is 11.9 Å². The van der Waals surface area contributed by atoms with Gasteiger partial charge in [0.25, 0.3) is 0 Å². The van der Waals surface area contributed by atoms with Crippen LogP contribution in [0.1, 0.15) is 35.7 Å². The number of rotatable bonds is 4. The summed E-state index contributed by atoms with van der Waals surface area (Å²) in [6.45, 7) is 2.49. The van der Waals surface area contributed by atoms with Gasteiger partial charge in [0.05, 0.1) is 6.10 Å². The molecule has 17 heavy (non-hydrogen) atoms. The monoisotopic (exact) mass is 234 g/mol. The lowest BCUT2D eigenvalue weighted by atomic mass is 9.90. The average Bonchev–Trinajstić information content (AvgIpc) is 2.36. The lowest BCUT2D eigenvalue weighted by Gasteiger charge is -2.17. The van der Waals surface area contributed by atoms with E-state index in [1.807, 2.05) is 25.1 Å². The first-order valence-electron chi connectivity index (χ1n) is 6.02. The molecule has 0 spiro atoms. The van der Waals surface area contributed by atoms with E-state index < -0.39 is 0 Å². The van der Waals surface area contributed by atoms with Gasteiger partial charge in [-0.1, -0.05) is 0 Å². The van der Waals surface area contributed by atoms with Crippen LogP contribution >= 0.6 is 0 Å². The molecule has 1 atom stereocenters. The summed E-state index contributed by atoms with van der Waals surface area (Å²) in [4.78, 5) is 11.6. The van der Waals surface area contributed by atoms with Crippen LogP contribution in [0.5, 0.6) is 5.75 Å². The predicted octanol–water partition coefficient (Wildman–Crippen LogP) is 2.62. The topological polar surface area (TPSA) is 35.5 Å². The molecule has 0 saturated heterocycles. The summed E-state index contributed by atoms with van der Waals surface area (Å²) in [7, 11) is 1.67. The lowest BCUT2D eigenvalue weighted by molar-refractivity contribution is 0.0716. The van der Waals surface area contributed by atoms with Gasteiger partial charge in [0.1, 0.15) is 12.4 Å². The second-order valence-electron chi connectivity index (χ2n) is 4.45. The van der Waals surface area contributed by atoms with Crippen LogP contribution in [0.4, 0.5) is 0 Å². The summed E-state index contributed by atoms with van der Waals surface area (Å²) >= 11 is 0. The molecule has 0 aromatic heterocycles. The summed E-state index contributed by atoms with van der Waals surface area (Å²) in [6, 6.07) is 5.73. The van der Waals surface area contributed by atoms with E-state index in [0.717, 1.165) is 29.7 Å². The van der Waals surface area contributed by atoms with Crippen LogP contribution in [0, 0.1) is 0 Å². The van der Waals surface area contributed by atoms with Crippen molar-refractivity contribution in [1.82, 2.24) is 0 Å². The molecule has 1 aromatic rings. The van der Waals surface area contributed by atoms with Crippen LogP contribution in [0.2, 0.25) is 0 Å². The minimum absolute atomic E-state index is 0.0765. The van der Waals surface area contributed by atoms with Crippen molar-refractivity contribution in [3.63, 3.8) is 0 Å². The van der Waals surface area contributed by atoms with Gasteiger partial charge in [0.15, 0.2) is 5.78 Å². The van der Waals surface area contributed by atoms with Crippen LogP contribution in [0.25, 0.3) is 0 Å². The van der Waals surface area contributed by atoms with Crippen LogP contribution in [0.15, 0.2) is 18.2 Å². The van der Waals surface area contributed by atoms with E-state index in [4.69, 9.17) is 9.47 Å². The van der Waals surface area contributed by atoms with Crippen molar-refractivity contribution in [3.8, 4) is 5.75 Å². The molecule has 3 heteroatoms. The number of hydrogen-bond donors (Lipinski definition) is 0. The Bertz CT molecular complexity index is 412. The highest BCUT2D eigenvalue weighted by molar-refractivity contribution is 5.98. The van der Waals surface area contributed by atoms with E-state index in [0.29, 0.717) is 13.0 Å². The number of carbonyl (C=O) groups is 1. The molecule has 2 rings (SSSR count). The number of methoxy groups -OCH3 is 1. The van der Waals surface area contributed by atoms with Crippen molar-refractivity contribution in [2.24, 2.45) is 0 Å². The van der Waals surface area contributed by atoms with E-state index in [9.17, 15) is 4.79 Å². The minimum atomic E-state index is 0.0765. The Morgan fingerprint density at radius 1 is 1.35 bits per heavy atom. The molecular formula is C14H18O3. The summed E-state index contributed by atoms with van der Waals surface area (Å²) < 4.78 is 10.7. The molecule has 1 aliphatic rings. The second kappa shape index (κ2) is 5.32. The number of ether oxygens (including phenoxy) is 2. The number of fused-ring (bicyclic) bond motifs is 1. The van der Waals surface area contributed by atoms with Gasteiger partial charge >= 0.3 is 0 Å². The van der Waals surface area contributed by atoms with Gasteiger partial charge in [-0.3, -0.25) is 4.79 Å². The zero-order valence-electron chi connectivity index (χ0n) is 10.4. The fourth-order valence-electron chi connectivity index (χ4n) is 1.99. The normalized spacial score (nSPS) is 16.5. The van der Waals surface area contributed by atoms with E-state index >= 15 is 0 Å². The smallest absolute Gasteiger partial charge is 0.163 e. The van der Waals surface area contributed by atoms with Crippen LogP contribution < -0.4 is 4.74 Å². The molecule has 0 aliphatic heterocycles. The first-order valence-corrected chi connectivity index (χ1v) is 6.02. The molecule has 92 valence electrons. The molecule has 0 fully saturated rings. The molecular weight excluding hydrogens is 216 g/mol. The Kier molecular flexibility index (Phi) is 3.79. The third kappa shape index (κ3) is 2.86. The standard InChI is InChI=1S/C14H18O3/c1-10(16-2)9-17-12-6-7-13-11(8-12)4-3-5-14(13)15/h6-8,10H,3-5,9H2,1-2H3. The SMILES string of the molecule is COC(C)COc1ccc2c(c1)CCCC2=O. The number of ketones is 1. The Hall–Kier alpha value is -1.35. The molecule has 0 heterocycles. The number of hydrogen-bond acceptors (Lipinski definition) is 3. The average molecular weight is 234 g/mol. The van der Waals surface area contributed by atoms with Gasteiger partial charge in [0.2, 0.25) is 0 Å². The summed E-state index contributed by atoms with van der Waals surface area (Å²) in [5.74, 6) is 1.07. The molecule has 1 unspecified atom stereocenters. The van der Waals surface area contributed by atoms with Gasteiger partial charge in [0, 0.05) is 19.1 Å². The Balaban J connectivity index is 2.08. The van der Waals surface area contributed by atoms with Gasteiger partial charge in [-0.2, -0.15) is 0 Å². The van der Waals surface area contributed by atoms with E-state index in [2.05, 4.69) is 0 Å². The Morgan fingerprint density at radius 2 is 2.18 bits per heavy atom. The fraction of sp³-hybridized carbons (Fsp3) is 0.500. The molecule has 0 saturated carbocycles. The Labute approximate surface area is 102 Å². The van der Waals surface area contributed by atoms with Gasteiger partial charge in [-0.15, -0.1) is 0 Å². The van der Waals surface area contributed by atoms with Crippen LogP contribution in [-0.2, 0) is 11.2 Å². The highest BCUT2D eigenvalue weighted by atomic mass is 16.5. The van der Waals surface area contributed by atoms with Crippen molar-refractivity contribution in [2.45, 2.75) is 32.3 Å². The third-order valence-corrected chi connectivity index (χ3v) is 3.11. The highest BCUT2D eigenvalue weighted by Gasteiger charge is 2.17. The van der Waals surface area contributed by atoms with Crippen molar-refractivity contribution >= 4 is 5.78 Å². The Morgan fingerprint density at radius 3 is 2.94 bits per heavy atom. The second-order valence-corrected chi connectivity index (χ2v) is 4.45. The molecule has 0 bridgehead atoms. The minimum Gasteiger partial charge on any atom is -0.491 e. The highest BCUT2D eigenvalue weighted by Crippen LogP contribution is 2.25. The summed E-state index contributed by atoms with van der Waals surface area (Å²) in [5.41, 5.74) is 1.98. The summed E-state index contributed by atoms with van der Waals surface area (Å²) in [5, 5.41) is 0. The number of carbonyl (C=O) groups excluding carboxylic acids is 1. The van der Waals surface area contributed by atoms with Gasteiger partial charge in [-0.25, -0.2) is 0 Å². The molecule has 0 N–H and O–H groups in total. The number of benzene rings is 1. The third-order valence-electron chi connectivity index (χ3n) is 3.11. The lowest BCUT2D eigenvalue weighted by Crippen LogP contribution is -2.16. The van der Waals surface area contributed by atoms with Crippen molar-refractivity contribution in [1.29, 1.82) is 0 Å². The molecule has 0 amide bonds. The molecule has 1 aromatic carbocycles. The quantitative estimate of drug-likeness (QED) is 0.803. The van der Waals surface area contributed by atoms with E-state index in [1.165, 1.54) is 0 Å². The maximum Gasteiger partial charge on any atom is 0.163 e. The van der Waals surface area contributed by atoms with Crippen molar-refractivity contribution in [3.05, 3.63) is 29.3 Å². The molecule has 3 nitrogen and oxygen atoms in total. The number of Topliss-reactive ketones (excluding diaryl/α,β-unsaturated/α-hetero) is 1. The van der Waals surface area contributed by atoms with E-state index in [1.54, 1.807) is 7.11 Å². The molecule has 1 aliphatic carbocycles. The van der Waals surface area contributed by atoms with Crippen molar-refractivity contribution in [2.75, 3.05) is 13.7 Å². The fourth-order valence-corrected chi connectivity index (χ4v) is 1.99. The largest absolute Gasteiger partial charge is 0.491 e. The first-order chi connectivity index (χ1) is 8.20. The van der Waals surface area contributed by atoms with Crippen LogP contribution in [0.3, 0.4) is 0 Å². The first kappa shape index (κ1) is 12.1. The number of aryl methyl sites for hydroxylation is 1. The maximum absolute atomic E-state index is 11.6. The van der Waals surface area contributed by atoms with Crippen LogP contribution in [-0.4, -0.2) is 25.6 Å². The zero-order valence-corrected chi connectivity index (χ0v) is 10.4. The van der Waals surface area contributed by atoms with Gasteiger partial charge < -0.3 is 9.47 Å². The predicted molar refractivity (Wildman–Crippen MR) is 65.7 cm³/mol. The summed E-state index contributed by atoms with van der Waals surface area (Å²) in [6.07, 6.45) is 2.67. The maximum atomic E-state index is 11.6.